The first-order chi connectivity index (χ1) is 11.5. The minimum absolute atomic E-state index is 0.173. The SMILES string of the molecule is Cc1cccc(-c2ccc(C(CN)C3SC(=O)NC3=O)c(C)c2)c1. The molecule has 124 valence electrons. The number of aryl methyl sites for hydroxylation is 2. The third-order valence-corrected chi connectivity index (χ3v) is 5.47. The molecule has 1 aliphatic heterocycles. The Kier molecular flexibility index (Phi) is 4.73. The van der Waals surface area contributed by atoms with Gasteiger partial charge in [-0.25, -0.2) is 0 Å². The van der Waals surface area contributed by atoms with Crippen LogP contribution in [0, 0.1) is 13.8 Å². The highest BCUT2D eigenvalue weighted by atomic mass is 32.2. The molecule has 1 aliphatic rings. The van der Waals surface area contributed by atoms with Gasteiger partial charge in [0.1, 0.15) is 5.25 Å². The smallest absolute Gasteiger partial charge is 0.286 e. The molecule has 1 saturated heterocycles. The summed E-state index contributed by atoms with van der Waals surface area (Å²) in [5.74, 6) is -0.421. The molecule has 5 heteroatoms. The number of benzene rings is 2. The number of carbonyl (C=O) groups excluding carboxylic acids is 2. The summed E-state index contributed by atoms with van der Waals surface area (Å²) in [6.07, 6.45) is 0. The summed E-state index contributed by atoms with van der Waals surface area (Å²) in [5.41, 5.74) is 11.5. The normalized spacial score (nSPS) is 18.5. The summed E-state index contributed by atoms with van der Waals surface area (Å²) < 4.78 is 0. The van der Waals surface area contributed by atoms with E-state index in [4.69, 9.17) is 5.73 Å². The number of nitrogens with one attached hydrogen (secondary N) is 1. The van der Waals surface area contributed by atoms with E-state index in [0.717, 1.165) is 34.0 Å². The van der Waals surface area contributed by atoms with Gasteiger partial charge in [-0.15, -0.1) is 0 Å². The fourth-order valence-electron chi connectivity index (χ4n) is 3.14. The van der Waals surface area contributed by atoms with Gasteiger partial charge in [-0.3, -0.25) is 14.9 Å². The van der Waals surface area contributed by atoms with Crippen molar-refractivity contribution in [1.29, 1.82) is 0 Å². The van der Waals surface area contributed by atoms with E-state index < -0.39 is 5.25 Å². The second-order valence-corrected chi connectivity index (χ2v) is 7.21. The summed E-state index contributed by atoms with van der Waals surface area (Å²) in [5, 5.41) is 1.60. The average Bonchev–Trinajstić information content (AvgIpc) is 2.88. The largest absolute Gasteiger partial charge is 0.330 e. The van der Waals surface area contributed by atoms with E-state index in [9.17, 15) is 9.59 Å². The van der Waals surface area contributed by atoms with Crippen LogP contribution >= 0.6 is 11.8 Å². The second-order valence-electron chi connectivity index (χ2n) is 6.10. The van der Waals surface area contributed by atoms with E-state index in [2.05, 4.69) is 42.6 Å². The molecule has 0 spiro atoms. The van der Waals surface area contributed by atoms with Gasteiger partial charge in [0.25, 0.3) is 5.24 Å². The highest BCUT2D eigenvalue weighted by Crippen LogP contribution is 2.35. The van der Waals surface area contributed by atoms with Crippen LogP contribution in [-0.2, 0) is 4.79 Å². The highest BCUT2D eigenvalue weighted by Gasteiger charge is 2.38. The van der Waals surface area contributed by atoms with Gasteiger partial charge in [-0.05, 0) is 36.1 Å². The van der Waals surface area contributed by atoms with Gasteiger partial charge in [0.15, 0.2) is 0 Å². The van der Waals surface area contributed by atoms with Crippen molar-refractivity contribution < 1.29 is 9.59 Å². The average molecular weight is 340 g/mol. The molecule has 0 aliphatic carbocycles. The molecule has 2 atom stereocenters. The van der Waals surface area contributed by atoms with Crippen molar-refractivity contribution in [3.05, 3.63) is 59.2 Å². The Labute approximate surface area is 145 Å². The predicted molar refractivity (Wildman–Crippen MR) is 98.1 cm³/mol. The van der Waals surface area contributed by atoms with Crippen molar-refractivity contribution in [2.45, 2.75) is 25.0 Å². The van der Waals surface area contributed by atoms with E-state index in [1.54, 1.807) is 0 Å². The minimum Gasteiger partial charge on any atom is -0.330 e. The molecule has 2 aromatic rings. The van der Waals surface area contributed by atoms with Crippen LogP contribution in [0.5, 0.6) is 0 Å². The molecule has 0 saturated carbocycles. The van der Waals surface area contributed by atoms with E-state index >= 15 is 0 Å². The Balaban J connectivity index is 1.94. The van der Waals surface area contributed by atoms with Gasteiger partial charge in [0.05, 0.1) is 0 Å². The molecule has 1 heterocycles. The van der Waals surface area contributed by atoms with Crippen molar-refractivity contribution >= 4 is 22.9 Å². The predicted octanol–water partition coefficient (Wildman–Crippen LogP) is 3.36. The number of amides is 2. The van der Waals surface area contributed by atoms with E-state index in [-0.39, 0.29) is 17.1 Å². The Morgan fingerprint density at radius 2 is 1.88 bits per heavy atom. The lowest BCUT2D eigenvalue weighted by Gasteiger charge is -2.21. The van der Waals surface area contributed by atoms with Crippen LogP contribution in [0.1, 0.15) is 22.6 Å². The summed E-state index contributed by atoms with van der Waals surface area (Å²) in [4.78, 5) is 23.4. The molecule has 2 amide bonds. The molecule has 0 bridgehead atoms. The lowest BCUT2D eigenvalue weighted by Crippen LogP contribution is -2.32. The molecule has 3 N–H and O–H groups in total. The van der Waals surface area contributed by atoms with Gasteiger partial charge in [-0.2, -0.15) is 0 Å². The van der Waals surface area contributed by atoms with Gasteiger partial charge in [-0.1, -0.05) is 59.8 Å². The van der Waals surface area contributed by atoms with E-state index in [1.807, 2.05) is 19.1 Å². The molecule has 2 unspecified atom stereocenters. The maximum atomic E-state index is 12.0. The molecular formula is C19H20N2O2S. The molecule has 4 nitrogen and oxygen atoms in total. The van der Waals surface area contributed by atoms with Crippen molar-refractivity contribution in [1.82, 2.24) is 5.32 Å². The van der Waals surface area contributed by atoms with Crippen molar-refractivity contribution in [3.63, 3.8) is 0 Å². The zero-order valence-corrected chi connectivity index (χ0v) is 14.5. The molecule has 1 fully saturated rings. The minimum atomic E-state index is -0.453. The summed E-state index contributed by atoms with van der Waals surface area (Å²) >= 11 is 1.03. The number of imide groups is 1. The maximum Gasteiger partial charge on any atom is 0.286 e. The molecule has 2 aromatic carbocycles. The standard InChI is InChI=1S/C19H20N2O2S/c1-11-4-3-5-13(8-11)14-6-7-15(12(2)9-14)16(10-20)17-18(22)21-19(23)24-17/h3-9,16-17H,10,20H2,1-2H3,(H,21,22,23). The first-order valence-corrected chi connectivity index (χ1v) is 8.76. The third-order valence-electron chi connectivity index (χ3n) is 4.36. The van der Waals surface area contributed by atoms with Gasteiger partial charge >= 0.3 is 0 Å². The molecule has 3 rings (SSSR count). The van der Waals surface area contributed by atoms with Crippen LogP contribution in [0.4, 0.5) is 4.79 Å². The Bertz CT molecular complexity index is 804. The first-order valence-electron chi connectivity index (χ1n) is 7.88. The Morgan fingerprint density at radius 3 is 2.46 bits per heavy atom. The summed E-state index contributed by atoms with van der Waals surface area (Å²) in [7, 11) is 0. The summed E-state index contributed by atoms with van der Waals surface area (Å²) in [6, 6.07) is 14.5. The zero-order valence-electron chi connectivity index (χ0n) is 13.7. The van der Waals surface area contributed by atoms with Gasteiger partial charge < -0.3 is 5.73 Å². The first kappa shape index (κ1) is 16.7. The topological polar surface area (TPSA) is 72.2 Å². The maximum absolute atomic E-state index is 12.0. The number of nitrogens with two attached hydrogens (primary N) is 1. The molecule has 24 heavy (non-hydrogen) atoms. The molecule has 0 aromatic heterocycles. The fourth-order valence-corrected chi connectivity index (χ4v) is 4.12. The Hall–Kier alpha value is -2.11. The van der Waals surface area contributed by atoms with E-state index in [0.29, 0.717) is 6.54 Å². The van der Waals surface area contributed by atoms with Crippen molar-refractivity contribution in [3.8, 4) is 11.1 Å². The fraction of sp³-hybridized carbons (Fsp3) is 0.263. The number of hydrogen-bond donors (Lipinski definition) is 2. The van der Waals surface area contributed by atoms with Crippen LogP contribution in [0.25, 0.3) is 11.1 Å². The number of rotatable bonds is 4. The highest BCUT2D eigenvalue weighted by molar-refractivity contribution is 8.15. The lowest BCUT2D eigenvalue weighted by atomic mass is 9.89. The zero-order chi connectivity index (χ0) is 17.3. The Morgan fingerprint density at radius 1 is 1.12 bits per heavy atom. The number of hydrogen-bond acceptors (Lipinski definition) is 4. The monoisotopic (exact) mass is 340 g/mol. The lowest BCUT2D eigenvalue weighted by molar-refractivity contribution is -0.119. The number of carbonyl (C=O) groups is 2. The van der Waals surface area contributed by atoms with Crippen LogP contribution in [0.15, 0.2) is 42.5 Å². The van der Waals surface area contributed by atoms with E-state index in [1.165, 1.54) is 5.56 Å². The van der Waals surface area contributed by atoms with Crippen LogP contribution in [0.2, 0.25) is 0 Å². The summed E-state index contributed by atoms with van der Waals surface area (Å²) in [6.45, 7) is 4.42. The van der Waals surface area contributed by atoms with Crippen LogP contribution in [0.3, 0.4) is 0 Å². The van der Waals surface area contributed by atoms with Crippen LogP contribution < -0.4 is 11.1 Å². The molecule has 0 radical (unpaired) electrons. The van der Waals surface area contributed by atoms with Crippen LogP contribution in [-0.4, -0.2) is 22.9 Å². The second kappa shape index (κ2) is 6.79. The van der Waals surface area contributed by atoms with Crippen molar-refractivity contribution in [2.75, 3.05) is 6.54 Å². The van der Waals surface area contributed by atoms with Gasteiger partial charge in [0.2, 0.25) is 5.91 Å². The quantitative estimate of drug-likeness (QED) is 0.895. The third kappa shape index (κ3) is 3.23. The van der Waals surface area contributed by atoms with Gasteiger partial charge in [0, 0.05) is 12.5 Å². The van der Waals surface area contributed by atoms with Crippen molar-refractivity contribution in [2.24, 2.45) is 5.73 Å². The number of thioether (sulfide) groups is 1. The molecular weight excluding hydrogens is 320 g/mol.